The molecular weight excluding hydrogens is 290 g/mol. The summed E-state index contributed by atoms with van der Waals surface area (Å²) in [6.45, 7) is 5.41. The van der Waals surface area contributed by atoms with Gasteiger partial charge in [0.1, 0.15) is 6.61 Å². The molecule has 0 atom stereocenters. The Balaban J connectivity index is 1.99. The van der Waals surface area contributed by atoms with Crippen LogP contribution in [0, 0.1) is 5.92 Å². The molecule has 1 N–H and O–H groups in total. The number of carbonyl (C=O) groups excluding carboxylic acids is 2. The summed E-state index contributed by atoms with van der Waals surface area (Å²) in [6.07, 6.45) is 1.32. The molecule has 0 aromatic carbocycles. The number of fused-ring (bicyclic) bond motifs is 1. The van der Waals surface area contributed by atoms with Crippen molar-refractivity contribution in [3.63, 3.8) is 0 Å². The molecule has 0 saturated carbocycles. The fraction of sp³-hybridized carbons (Fsp3) is 0.643. The predicted molar refractivity (Wildman–Crippen MR) is 81.2 cm³/mol. The molecule has 116 valence electrons. The lowest BCUT2D eigenvalue weighted by atomic mass is 10.1. The maximum atomic E-state index is 12.1. The van der Waals surface area contributed by atoms with Crippen molar-refractivity contribution >= 4 is 28.3 Å². The quantitative estimate of drug-likeness (QED) is 0.897. The van der Waals surface area contributed by atoms with Crippen molar-refractivity contribution in [2.24, 2.45) is 5.92 Å². The summed E-state index contributed by atoms with van der Waals surface area (Å²) in [5.41, 5.74) is 0.987. The van der Waals surface area contributed by atoms with Gasteiger partial charge in [0.15, 0.2) is 5.13 Å². The lowest BCUT2D eigenvalue weighted by molar-refractivity contribution is -0.132. The van der Waals surface area contributed by atoms with E-state index in [1.54, 1.807) is 0 Å². The van der Waals surface area contributed by atoms with Crippen LogP contribution in [0.25, 0.3) is 0 Å². The van der Waals surface area contributed by atoms with Crippen molar-refractivity contribution in [2.45, 2.75) is 33.2 Å². The molecule has 0 fully saturated rings. The van der Waals surface area contributed by atoms with Crippen LogP contribution in [0.2, 0.25) is 0 Å². The number of carbonyl (C=O) groups is 2. The summed E-state index contributed by atoms with van der Waals surface area (Å²) in [4.78, 5) is 31.0. The summed E-state index contributed by atoms with van der Waals surface area (Å²) < 4.78 is 4.78. The highest BCUT2D eigenvalue weighted by Gasteiger charge is 2.24. The number of aromatic nitrogens is 1. The molecular formula is C14H21N3O3S. The van der Waals surface area contributed by atoms with Gasteiger partial charge in [-0.25, -0.2) is 4.98 Å². The zero-order valence-electron chi connectivity index (χ0n) is 12.6. The standard InChI is InChI=1S/C14H21N3O3S/c1-9(2)6-13(19)17-5-4-10-11(7-17)21-14(15-10)16-12(18)8-20-3/h9H,4-8H2,1-3H3,(H,15,16,18). The van der Waals surface area contributed by atoms with Crippen LogP contribution in [0.3, 0.4) is 0 Å². The molecule has 1 aliphatic rings. The molecule has 1 aromatic rings. The first-order valence-electron chi connectivity index (χ1n) is 7.04. The number of methoxy groups -OCH3 is 1. The second-order valence-corrected chi connectivity index (χ2v) is 6.62. The third-order valence-corrected chi connectivity index (χ3v) is 4.19. The Labute approximate surface area is 128 Å². The normalized spacial score (nSPS) is 14.2. The third-order valence-electron chi connectivity index (χ3n) is 3.19. The van der Waals surface area contributed by atoms with Gasteiger partial charge >= 0.3 is 0 Å². The van der Waals surface area contributed by atoms with Gasteiger partial charge in [0, 0.05) is 31.4 Å². The number of anilines is 1. The Kier molecular flexibility index (Phi) is 5.30. The highest BCUT2D eigenvalue weighted by atomic mass is 32.1. The van der Waals surface area contributed by atoms with Crippen LogP contribution in [0.5, 0.6) is 0 Å². The third kappa shape index (κ3) is 4.25. The summed E-state index contributed by atoms with van der Waals surface area (Å²) in [5, 5.41) is 3.30. The Hall–Kier alpha value is -1.47. The topological polar surface area (TPSA) is 71.5 Å². The summed E-state index contributed by atoms with van der Waals surface area (Å²) >= 11 is 1.44. The van der Waals surface area contributed by atoms with Crippen LogP contribution >= 0.6 is 11.3 Å². The average Bonchev–Trinajstić information content (AvgIpc) is 2.78. The van der Waals surface area contributed by atoms with E-state index in [2.05, 4.69) is 10.3 Å². The van der Waals surface area contributed by atoms with Crippen LogP contribution in [-0.4, -0.2) is 42.0 Å². The molecule has 2 amide bonds. The molecule has 0 spiro atoms. The van der Waals surface area contributed by atoms with Crippen LogP contribution in [-0.2, 0) is 27.3 Å². The maximum Gasteiger partial charge on any atom is 0.252 e. The zero-order valence-corrected chi connectivity index (χ0v) is 13.5. The Bertz CT molecular complexity index is 528. The summed E-state index contributed by atoms with van der Waals surface area (Å²) in [6, 6.07) is 0. The number of thiazole rings is 1. The summed E-state index contributed by atoms with van der Waals surface area (Å²) in [5.74, 6) is 0.342. The predicted octanol–water partition coefficient (Wildman–Crippen LogP) is 1.66. The molecule has 0 radical (unpaired) electrons. The number of nitrogens with one attached hydrogen (secondary N) is 1. The van der Waals surface area contributed by atoms with Gasteiger partial charge in [-0.2, -0.15) is 0 Å². The minimum Gasteiger partial charge on any atom is -0.375 e. The fourth-order valence-corrected chi connectivity index (χ4v) is 3.27. The number of rotatable bonds is 5. The Morgan fingerprint density at radius 1 is 1.48 bits per heavy atom. The Morgan fingerprint density at radius 3 is 2.90 bits per heavy atom. The van der Waals surface area contributed by atoms with E-state index in [0.717, 1.165) is 17.0 Å². The largest absolute Gasteiger partial charge is 0.375 e. The Morgan fingerprint density at radius 2 is 2.24 bits per heavy atom. The molecule has 1 aliphatic heterocycles. The van der Waals surface area contributed by atoms with Crippen LogP contribution in [0.4, 0.5) is 5.13 Å². The lowest BCUT2D eigenvalue weighted by Crippen LogP contribution is -2.36. The maximum absolute atomic E-state index is 12.1. The number of nitrogens with zero attached hydrogens (tertiary/aromatic N) is 2. The van der Waals surface area contributed by atoms with Crippen molar-refractivity contribution in [1.82, 2.24) is 9.88 Å². The molecule has 6 nitrogen and oxygen atoms in total. The van der Waals surface area contributed by atoms with Gasteiger partial charge in [0.05, 0.1) is 12.2 Å². The first kappa shape index (κ1) is 15.9. The van der Waals surface area contributed by atoms with E-state index in [4.69, 9.17) is 4.74 Å². The molecule has 1 aromatic heterocycles. The number of amides is 2. The second kappa shape index (κ2) is 7.00. The fourth-order valence-electron chi connectivity index (χ4n) is 2.23. The molecule has 7 heteroatoms. The van der Waals surface area contributed by atoms with Gasteiger partial charge in [-0.3, -0.25) is 14.9 Å². The van der Waals surface area contributed by atoms with Crippen LogP contribution < -0.4 is 5.32 Å². The summed E-state index contributed by atoms with van der Waals surface area (Å²) in [7, 11) is 1.48. The SMILES string of the molecule is COCC(=O)Nc1nc2c(s1)CN(C(=O)CC(C)C)CC2. The van der Waals surface area contributed by atoms with Crippen LogP contribution in [0.15, 0.2) is 0 Å². The van der Waals surface area contributed by atoms with E-state index in [1.807, 2.05) is 18.7 Å². The van der Waals surface area contributed by atoms with E-state index < -0.39 is 0 Å². The first-order valence-corrected chi connectivity index (χ1v) is 7.86. The first-order chi connectivity index (χ1) is 9.99. The molecule has 2 rings (SSSR count). The lowest BCUT2D eigenvalue weighted by Gasteiger charge is -2.26. The van der Waals surface area contributed by atoms with E-state index in [-0.39, 0.29) is 18.4 Å². The van der Waals surface area contributed by atoms with Crippen molar-refractivity contribution in [1.29, 1.82) is 0 Å². The second-order valence-electron chi connectivity index (χ2n) is 5.53. The number of hydrogen-bond acceptors (Lipinski definition) is 5. The van der Waals surface area contributed by atoms with Gasteiger partial charge in [-0.05, 0) is 5.92 Å². The van der Waals surface area contributed by atoms with Crippen molar-refractivity contribution in [3.8, 4) is 0 Å². The molecule has 0 bridgehead atoms. The number of ether oxygens (including phenoxy) is 1. The minimum absolute atomic E-state index is 0.0171. The molecule has 0 unspecified atom stereocenters. The molecule has 2 heterocycles. The van der Waals surface area contributed by atoms with E-state index in [1.165, 1.54) is 18.4 Å². The highest BCUT2D eigenvalue weighted by Crippen LogP contribution is 2.28. The van der Waals surface area contributed by atoms with Crippen LogP contribution in [0.1, 0.15) is 30.8 Å². The minimum atomic E-state index is -0.212. The van der Waals surface area contributed by atoms with Crippen molar-refractivity contribution < 1.29 is 14.3 Å². The monoisotopic (exact) mass is 311 g/mol. The van der Waals surface area contributed by atoms with Gasteiger partial charge in [0.2, 0.25) is 5.91 Å². The van der Waals surface area contributed by atoms with E-state index >= 15 is 0 Å². The van der Waals surface area contributed by atoms with E-state index in [9.17, 15) is 9.59 Å². The van der Waals surface area contributed by atoms with Gasteiger partial charge in [0.25, 0.3) is 5.91 Å². The van der Waals surface area contributed by atoms with Crippen molar-refractivity contribution in [2.75, 3.05) is 25.6 Å². The van der Waals surface area contributed by atoms with Gasteiger partial charge in [-0.1, -0.05) is 25.2 Å². The van der Waals surface area contributed by atoms with Gasteiger partial charge in [-0.15, -0.1) is 0 Å². The smallest absolute Gasteiger partial charge is 0.252 e. The van der Waals surface area contributed by atoms with Crippen molar-refractivity contribution in [3.05, 3.63) is 10.6 Å². The highest BCUT2D eigenvalue weighted by molar-refractivity contribution is 7.15. The molecule has 0 aliphatic carbocycles. The molecule has 0 saturated heterocycles. The number of hydrogen-bond donors (Lipinski definition) is 1. The average molecular weight is 311 g/mol. The van der Waals surface area contributed by atoms with Gasteiger partial charge < -0.3 is 9.64 Å². The van der Waals surface area contributed by atoms with E-state index in [0.29, 0.717) is 30.6 Å². The molecule has 21 heavy (non-hydrogen) atoms. The zero-order chi connectivity index (χ0) is 15.4.